The van der Waals surface area contributed by atoms with Crippen molar-refractivity contribution < 1.29 is 34.3 Å². The topological polar surface area (TPSA) is 133 Å². The van der Waals surface area contributed by atoms with Crippen molar-refractivity contribution in [2.75, 3.05) is 45.7 Å². The van der Waals surface area contributed by atoms with Gasteiger partial charge in [-0.25, -0.2) is 0 Å². The standard InChI is InChI=1S/C33H53N3O7S2/c1-19(2)15-22-9-12-42-30-23(16-22)17-34-26(30)32(40)35-25(31-28(38)27(37)29(39)33(43-31)44-4)20(3)45-24-7-5-21(6-8-24)18-36-10-13-41-14-11-36/h5-8,19-20,22-23,25-31,33-34,37-39H,9-18H2,1-4H3,(H,35,40)/t20-,22-,23-,25+,26-,27?,28?,29+,30+,31+,33?/m0/s1. The summed E-state index contributed by atoms with van der Waals surface area (Å²) in [5.41, 5.74) is 0.493. The van der Waals surface area contributed by atoms with Crippen LogP contribution in [0.25, 0.3) is 0 Å². The molecule has 4 heterocycles. The number of rotatable bonds is 11. The Kier molecular flexibility index (Phi) is 12.9. The normalized spacial score (nSPS) is 35.9. The van der Waals surface area contributed by atoms with E-state index in [0.29, 0.717) is 18.4 Å². The van der Waals surface area contributed by atoms with Crippen LogP contribution in [0.4, 0.5) is 0 Å². The van der Waals surface area contributed by atoms with Gasteiger partial charge in [0.2, 0.25) is 5.91 Å². The summed E-state index contributed by atoms with van der Waals surface area (Å²) >= 11 is 2.86. The molecule has 254 valence electrons. The fraction of sp³-hybridized carbons (Fsp3) is 0.788. The lowest BCUT2D eigenvalue weighted by molar-refractivity contribution is -0.205. The first-order valence-corrected chi connectivity index (χ1v) is 18.7. The zero-order chi connectivity index (χ0) is 32.1. The summed E-state index contributed by atoms with van der Waals surface area (Å²) in [7, 11) is 0. The molecular weight excluding hydrogens is 615 g/mol. The number of benzene rings is 1. The Bertz CT molecular complexity index is 1080. The van der Waals surface area contributed by atoms with Crippen molar-refractivity contribution in [1.82, 2.24) is 15.5 Å². The first kappa shape index (κ1) is 35.4. The fourth-order valence-corrected chi connectivity index (χ4v) is 9.11. The number of ether oxygens (including phenoxy) is 3. The molecule has 4 aliphatic rings. The summed E-state index contributed by atoms with van der Waals surface area (Å²) < 4.78 is 18.0. The Morgan fingerprint density at radius 1 is 1.07 bits per heavy atom. The largest absolute Gasteiger partial charge is 0.388 e. The SMILES string of the molecule is CSC1O[C@H]([C@H](NC(=O)[C@H]2NC[C@@H]3C[C@H](CC(C)C)CCO[C@H]32)[C@H](C)Sc2ccc(CN3CCOCC3)cc2)C(O)C(O)[C@H]1O. The average molecular weight is 668 g/mol. The molecule has 4 fully saturated rings. The van der Waals surface area contributed by atoms with Gasteiger partial charge in [0, 0.05) is 42.9 Å². The van der Waals surface area contributed by atoms with Gasteiger partial charge >= 0.3 is 0 Å². The Morgan fingerprint density at radius 3 is 2.49 bits per heavy atom. The van der Waals surface area contributed by atoms with E-state index in [9.17, 15) is 20.1 Å². The molecule has 11 atom stereocenters. The van der Waals surface area contributed by atoms with Gasteiger partial charge in [0.05, 0.1) is 25.4 Å². The van der Waals surface area contributed by atoms with E-state index in [1.54, 1.807) is 18.0 Å². The van der Waals surface area contributed by atoms with Gasteiger partial charge in [-0.05, 0) is 61.0 Å². The molecule has 10 nitrogen and oxygen atoms in total. The number of nitrogens with one attached hydrogen (secondary N) is 2. The number of aliphatic hydroxyl groups excluding tert-OH is 3. The zero-order valence-electron chi connectivity index (χ0n) is 27.0. The third-order valence-corrected chi connectivity index (χ3v) is 11.8. The van der Waals surface area contributed by atoms with Crippen LogP contribution in [-0.4, -0.2) is 125 Å². The number of amides is 1. The van der Waals surface area contributed by atoms with E-state index < -0.39 is 41.9 Å². The molecule has 1 aromatic rings. The van der Waals surface area contributed by atoms with Gasteiger partial charge in [0.1, 0.15) is 35.9 Å². The highest BCUT2D eigenvalue weighted by atomic mass is 32.2. The number of carbonyl (C=O) groups is 1. The van der Waals surface area contributed by atoms with Crippen LogP contribution in [0.1, 0.15) is 45.6 Å². The van der Waals surface area contributed by atoms with Gasteiger partial charge < -0.3 is 40.2 Å². The summed E-state index contributed by atoms with van der Waals surface area (Å²) in [6, 6.07) is 7.28. The Hall–Kier alpha value is -0.930. The predicted molar refractivity (Wildman–Crippen MR) is 177 cm³/mol. The van der Waals surface area contributed by atoms with E-state index in [4.69, 9.17) is 14.2 Å². The lowest BCUT2D eigenvalue weighted by Gasteiger charge is -2.44. The lowest BCUT2D eigenvalue weighted by Crippen LogP contribution is -2.65. The number of hydrogen-bond donors (Lipinski definition) is 5. The van der Waals surface area contributed by atoms with Crippen molar-refractivity contribution in [3.05, 3.63) is 29.8 Å². The molecule has 5 N–H and O–H groups in total. The molecule has 12 heteroatoms. The van der Waals surface area contributed by atoms with E-state index >= 15 is 0 Å². The highest BCUT2D eigenvalue weighted by Gasteiger charge is 2.50. The molecule has 0 aliphatic carbocycles. The Balaban J connectivity index is 1.30. The van der Waals surface area contributed by atoms with E-state index in [2.05, 4.69) is 53.6 Å². The predicted octanol–water partition coefficient (Wildman–Crippen LogP) is 2.08. The third-order valence-electron chi connectivity index (χ3n) is 9.72. The molecule has 4 aliphatic heterocycles. The minimum absolute atomic E-state index is 0.194. The first-order chi connectivity index (χ1) is 21.6. The molecule has 0 radical (unpaired) electrons. The van der Waals surface area contributed by atoms with E-state index in [1.165, 1.54) is 17.3 Å². The molecular formula is C33H53N3O7S2. The number of thioether (sulfide) groups is 2. The van der Waals surface area contributed by atoms with Gasteiger partial charge in [-0.2, -0.15) is 0 Å². The Labute approximate surface area is 276 Å². The average Bonchev–Trinajstić information content (AvgIpc) is 3.31. The maximum absolute atomic E-state index is 14.0. The molecule has 1 aromatic carbocycles. The van der Waals surface area contributed by atoms with Crippen molar-refractivity contribution >= 4 is 29.4 Å². The summed E-state index contributed by atoms with van der Waals surface area (Å²) in [4.78, 5) is 17.4. The quantitative estimate of drug-likeness (QED) is 0.222. The van der Waals surface area contributed by atoms with Crippen molar-refractivity contribution in [2.24, 2.45) is 17.8 Å². The minimum atomic E-state index is -1.39. The van der Waals surface area contributed by atoms with Crippen LogP contribution in [0.5, 0.6) is 0 Å². The van der Waals surface area contributed by atoms with Crippen molar-refractivity contribution in [2.45, 2.75) is 105 Å². The highest BCUT2D eigenvalue weighted by molar-refractivity contribution is 8.00. The zero-order valence-corrected chi connectivity index (χ0v) is 28.7. The molecule has 45 heavy (non-hydrogen) atoms. The van der Waals surface area contributed by atoms with Crippen LogP contribution < -0.4 is 10.6 Å². The minimum Gasteiger partial charge on any atom is -0.388 e. The van der Waals surface area contributed by atoms with Gasteiger partial charge in [-0.1, -0.05) is 32.9 Å². The maximum Gasteiger partial charge on any atom is 0.240 e. The number of hydrogen-bond acceptors (Lipinski definition) is 11. The lowest BCUT2D eigenvalue weighted by atomic mass is 9.85. The number of carbonyl (C=O) groups excluding carboxylic acids is 1. The van der Waals surface area contributed by atoms with Crippen molar-refractivity contribution in [3.63, 3.8) is 0 Å². The molecule has 0 saturated carbocycles. The van der Waals surface area contributed by atoms with Gasteiger partial charge in [-0.3, -0.25) is 9.69 Å². The van der Waals surface area contributed by atoms with Gasteiger partial charge in [-0.15, -0.1) is 23.5 Å². The molecule has 0 spiro atoms. The van der Waals surface area contributed by atoms with Crippen LogP contribution in [0.2, 0.25) is 0 Å². The Morgan fingerprint density at radius 2 is 1.80 bits per heavy atom. The van der Waals surface area contributed by atoms with Crippen LogP contribution >= 0.6 is 23.5 Å². The molecule has 3 unspecified atom stereocenters. The van der Waals surface area contributed by atoms with E-state index in [0.717, 1.165) is 63.6 Å². The maximum atomic E-state index is 14.0. The van der Waals surface area contributed by atoms with Gasteiger partial charge in [0.25, 0.3) is 0 Å². The van der Waals surface area contributed by atoms with Crippen molar-refractivity contribution in [3.8, 4) is 0 Å². The smallest absolute Gasteiger partial charge is 0.240 e. The molecule has 1 amide bonds. The van der Waals surface area contributed by atoms with E-state index in [1.807, 2.05) is 6.92 Å². The number of fused-ring (bicyclic) bond motifs is 1. The number of morpholine rings is 1. The van der Waals surface area contributed by atoms with Crippen LogP contribution in [0, 0.1) is 17.8 Å². The summed E-state index contributed by atoms with van der Waals surface area (Å²) in [5, 5.41) is 38.8. The first-order valence-electron chi connectivity index (χ1n) is 16.6. The number of aliphatic hydroxyl groups is 3. The summed E-state index contributed by atoms with van der Waals surface area (Å²) in [6.07, 6.45) is -0.129. The second-order valence-electron chi connectivity index (χ2n) is 13.6. The second-order valence-corrected chi connectivity index (χ2v) is 16.0. The number of nitrogens with zero attached hydrogens (tertiary/aromatic N) is 1. The van der Waals surface area contributed by atoms with Crippen LogP contribution in [0.15, 0.2) is 29.2 Å². The molecule has 0 bridgehead atoms. The van der Waals surface area contributed by atoms with Crippen LogP contribution in [-0.2, 0) is 25.5 Å². The second kappa shape index (κ2) is 16.5. The van der Waals surface area contributed by atoms with Gasteiger partial charge in [0.15, 0.2) is 0 Å². The highest BCUT2D eigenvalue weighted by Crippen LogP contribution is 2.36. The van der Waals surface area contributed by atoms with Crippen LogP contribution in [0.3, 0.4) is 0 Å². The summed E-state index contributed by atoms with van der Waals surface area (Å²) in [6.45, 7) is 12.1. The third kappa shape index (κ3) is 8.95. The molecule has 5 rings (SSSR count). The van der Waals surface area contributed by atoms with E-state index in [-0.39, 0.29) is 23.2 Å². The monoisotopic (exact) mass is 667 g/mol. The summed E-state index contributed by atoms with van der Waals surface area (Å²) in [5.74, 6) is 1.29. The molecule has 4 saturated heterocycles. The molecule has 0 aromatic heterocycles. The fourth-order valence-electron chi connectivity index (χ4n) is 7.34. The van der Waals surface area contributed by atoms with Crippen molar-refractivity contribution in [1.29, 1.82) is 0 Å².